The summed E-state index contributed by atoms with van der Waals surface area (Å²) in [5.74, 6) is 6.32. The van der Waals surface area contributed by atoms with Crippen LogP contribution in [-0.4, -0.2) is 38.6 Å². The number of nitrogens with one attached hydrogen (secondary N) is 2. The van der Waals surface area contributed by atoms with Gasteiger partial charge in [-0.1, -0.05) is 24.6 Å². The van der Waals surface area contributed by atoms with Crippen LogP contribution >= 0.6 is 11.8 Å². The van der Waals surface area contributed by atoms with Crippen LogP contribution in [0.2, 0.25) is 0 Å². The van der Waals surface area contributed by atoms with Crippen molar-refractivity contribution in [2.45, 2.75) is 36.9 Å². The number of amides is 3. The zero-order chi connectivity index (χ0) is 16.9. The van der Waals surface area contributed by atoms with Crippen LogP contribution in [0.1, 0.15) is 25.7 Å². The van der Waals surface area contributed by atoms with E-state index >= 15 is 0 Å². The van der Waals surface area contributed by atoms with E-state index in [1.54, 1.807) is 12.1 Å². The van der Waals surface area contributed by atoms with E-state index in [0.29, 0.717) is 16.7 Å². The Balaban J connectivity index is 1.48. The molecule has 0 aromatic carbocycles. The van der Waals surface area contributed by atoms with Gasteiger partial charge in [0.25, 0.3) is 0 Å². The quantitative estimate of drug-likeness (QED) is 0.544. The smallest absolute Gasteiger partial charge is 0.321 e. The predicted octanol–water partition coefficient (Wildman–Crippen LogP) is 1.11. The van der Waals surface area contributed by atoms with Gasteiger partial charge in [0.15, 0.2) is 5.76 Å². The molecule has 1 saturated carbocycles. The number of hydrogen-bond acceptors (Lipinski definition) is 7. The first-order valence-corrected chi connectivity index (χ1v) is 8.59. The topological polar surface area (TPSA) is 128 Å². The summed E-state index contributed by atoms with van der Waals surface area (Å²) >= 11 is 1.09. The molecule has 24 heavy (non-hydrogen) atoms. The van der Waals surface area contributed by atoms with E-state index in [1.165, 1.54) is 10.9 Å². The summed E-state index contributed by atoms with van der Waals surface area (Å²) in [5, 5.41) is 13.3. The molecule has 0 spiro atoms. The number of nitrogen functional groups attached to an aromatic ring is 1. The summed E-state index contributed by atoms with van der Waals surface area (Å²) in [7, 11) is 0. The Kier molecular flexibility index (Phi) is 5.04. The van der Waals surface area contributed by atoms with Crippen LogP contribution in [-0.2, 0) is 4.79 Å². The Bertz CT molecular complexity index is 708. The first kappa shape index (κ1) is 16.4. The highest BCUT2D eigenvalue weighted by Crippen LogP contribution is 2.21. The summed E-state index contributed by atoms with van der Waals surface area (Å²) in [5.41, 5.74) is 0. The second kappa shape index (κ2) is 7.39. The number of nitrogens with zero attached hydrogens (tertiary/aromatic N) is 3. The summed E-state index contributed by atoms with van der Waals surface area (Å²) in [4.78, 5) is 23.6. The van der Waals surface area contributed by atoms with Crippen molar-refractivity contribution in [2.24, 2.45) is 0 Å². The number of thioether (sulfide) groups is 1. The largest absolute Gasteiger partial charge is 0.461 e. The van der Waals surface area contributed by atoms with E-state index in [-0.39, 0.29) is 11.8 Å². The molecule has 0 atom stereocenters. The van der Waals surface area contributed by atoms with Crippen molar-refractivity contribution in [3.63, 3.8) is 0 Å². The second-order valence-electron chi connectivity index (χ2n) is 5.45. The molecule has 0 radical (unpaired) electrons. The number of nitrogens with two attached hydrogens (primary N) is 1. The van der Waals surface area contributed by atoms with Gasteiger partial charge < -0.3 is 15.6 Å². The van der Waals surface area contributed by atoms with Crippen LogP contribution in [0.4, 0.5) is 4.79 Å². The van der Waals surface area contributed by atoms with Crippen LogP contribution in [0.15, 0.2) is 28.0 Å². The average Bonchev–Trinajstić information content (AvgIpc) is 3.27. The van der Waals surface area contributed by atoms with Gasteiger partial charge in [0, 0.05) is 6.04 Å². The molecule has 1 fully saturated rings. The summed E-state index contributed by atoms with van der Waals surface area (Å²) in [6.45, 7) is 0. The number of furan rings is 1. The third-order valence-electron chi connectivity index (χ3n) is 3.68. The average molecular weight is 350 g/mol. The molecule has 10 heteroatoms. The minimum atomic E-state index is -0.460. The van der Waals surface area contributed by atoms with Crippen LogP contribution in [0.25, 0.3) is 11.6 Å². The summed E-state index contributed by atoms with van der Waals surface area (Å²) in [6.07, 6.45) is 5.65. The van der Waals surface area contributed by atoms with Gasteiger partial charge in [0.1, 0.15) is 0 Å². The fourth-order valence-corrected chi connectivity index (χ4v) is 3.19. The normalized spacial score (nSPS) is 14.7. The molecule has 1 aliphatic carbocycles. The van der Waals surface area contributed by atoms with Gasteiger partial charge in [0.2, 0.25) is 16.9 Å². The maximum absolute atomic E-state index is 11.8. The zero-order valence-electron chi connectivity index (χ0n) is 12.9. The molecule has 1 aliphatic rings. The van der Waals surface area contributed by atoms with Crippen LogP contribution in [0, 0.1) is 0 Å². The van der Waals surface area contributed by atoms with Crippen LogP contribution in [0.3, 0.4) is 0 Å². The van der Waals surface area contributed by atoms with E-state index in [4.69, 9.17) is 10.3 Å². The lowest BCUT2D eigenvalue weighted by molar-refractivity contribution is -0.117. The molecule has 9 nitrogen and oxygen atoms in total. The molecule has 0 bridgehead atoms. The van der Waals surface area contributed by atoms with Crippen molar-refractivity contribution < 1.29 is 14.0 Å². The van der Waals surface area contributed by atoms with Gasteiger partial charge in [0.05, 0.1) is 12.0 Å². The van der Waals surface area contributed by atoms with Crippen molar-refractivity contribution in [3.8, 4) is 11.6 Å². The third-order valence-corrected chi connectivity index (χ3v) is 4.62. The lowest BCUT2D eigenvalue weighted by Crippen LogP contribution is -2.44. The molecule has 4 N–H and O–H groups in total. The fraction of sp³-hybridized carbons (Fsp3) is 0.429. The van der Waals surface area contributed by atoms with E-state index in [9.17, 15) is 9.59 Å². The predicted molar refractivity (Wildman–Crippen MR) is 87.5 cm³/mol. The molecule has 0 saturated heterocycles. The number of urea groups is 1. The number of hydrogen-bond donors (Lipinski definition) is 3. The van der Waals surface area contributed by atoms with E-state index in [0.717, 1.165) is 37.4 Å². The number of carbonyl (C=O) groups excluding carboxylic acids is 2. The Morgan fingerprint density at radius 2 is 2.17 bits per heavy atom. The Hall–Kier alpha value is -2.49. The van der Waals surface area contributed by atoms with Crippen molar-refractivity contribution in [2.75, 3.05) is 11.6 Å². The van der Waals surface area contributed by atoms with Crippen molar-refractivity contribution in [1.82, 2.24) is 25.5 Å². The molecule has 0 unspecified atom stereocenters. The highest BCUT2D eigenvalue weighted by atomic mass is 32.2. The highest BCUT2D eigenvalue weighted by Gasteiger charge is 2.19. The summed E-state index contributed by atoms with van der Waals surface area (Å²) < 4.78 is 6.46. The number of aromatic nitrogens is 3. The Morgan fingerprint density at radius 1 is 1.38 bits per heavy atom. The van der Waals surface area contributed by atoms with Gasteiger partial charge in [-0.3, -0.25) is 10.1 Å². The fourth-order valence-electron chi connectivity index (χ4n) is 2.53. The standard InChI is InChI=1S/C14H18N6O3S/c15-20-12(10-6-3-7-23-10)18-19-14(20)24-8-11(21)17-13(22)16-9-4-1-2-5-9/h3,6-7,9H,1-2,4-5,8,15H2,(H2,16,17,21,22). The van der Waals surface area contributed by atoms with E-state index < -0.39 is 11.9 Å². The van der Waals surface area contributed by atoms with Crippen molar-refractivity contribution in [1.29, 1.82) is 0 Å². The molecule has 3 amide bonds. The summed E-state index contributed by atoms with van der Waals surface area (Å²) in [6, 6.07) is 3.13. The van der Waals surface area contributed by atoms with Gasteiger partial charge in [-0.05, 0) is 25.0 Å². The molecule has 2 heterocycles. The zero-order valence-corrected chi connectivity index (χ0v) is 13.7. The van der Waals surface area contributed by atoms with Gasteiger partial charge in [-0.25, -0.2) is 9.47 Å². The molecule has 0 aliphatic heterocycles. The number of carbonyl (C=O) groups is 2. The van der Waals surface area contributed by atoms with Crippen LogP contribution in [0.5, 0.6) is 0 Å². The maximum Gasteiger partial charge on any atom is 0.321 e. The Morgan fingerprint density at radius 3 is 2.88 bits per heavy atom. The monoisotopic (exact) mass is 350 g/mol. The molecule has 3 rings (SSSR count). The second-order valence-corrected chi connectivity index (χ2v) is 6.39. The molecule has 2 aromatic rings. The minimum absolute atomic E-state index is 0.00553. The van der Waals surface area contributed by atoms with Gasteiger partial charge in [-0.2, -0.15) is 0 Å². The van der Waals surface area contributed by atoms with Crippen LogP contribution < -0.4 is 16.5 Å². The lowest BCUT2D eigenvalue weighted by Gasteiger charge is -2.11. The van der Waals surface area contributed by atoms with E-state index in [1.807, 2.05) is 0 Å². The SMILES string of the molecule is Nn1c(SCC(=O)NC(=O)NC2CCCC2)nnc1-c1ccco1. The lowest BCUT2D eigenvalue weighted by atomic mass is 10.2. The van der Waals surface area contributed by atoms with Gasteiger partial charge in [-0.15, -0.1) is 10.2 Å². The van der Waals surface area contributed by atoms with Crippen molar-refractivity contribution >= 4 is 23.7 Å². The first-order valence-electron chi connectivity index (χ1n) is 7.61. The Labute approximate surface area is 142 Å². The van der Waals surface area contributed by atoms with Crippen molar-refractivity contribution in [3.05, 3.63) is 18.4 Å². The third kappa shape index (κ3) is 3.88. The molecular formula is C14H18N6O3S. The van der Waals surface area contributed by atoms with E-state index in [2.05, 4.69) is 20.8 Å². The van der Waals surface area contributed by atoms with Gasteiger partial charge >= 0.3 is 6.03 Å². The number of rotatable bonds is 5. The minimum Gasteiger partial charge on any atom is -0.461 e. The molecular weight excluding hydrogens is 332 g/mol. The molecule has 128 valence electrons. The maximum atomic E-state index is 11.8. The molecule has 2 aromatic heterocycles. The first-order chi connectivity index (χ1) is 11.6. The number of imide groups is 1. The highest BCUT2D eigenvalue weighted by molar-refractivity contribution is 7.99.